The molecular weight excluding hydrogens is 402 g/mol. The van der Waals surface area contributed by atoms with Crippen LogP contribution in [-0.4, -0.2) is 36.5 Å². The molecule has 0 atom stereocenters. The van der Waals surface area contributed by atoms with Gasteiger partial charge in [-0.3, -0.25) is 4.72 Å². The highest BCUT2D eigenvalue weighted by Gasteiger charge is 2.25. The van der Waals surface area contributed by atoms with E-state index in [9.17, 15) is 8.42 Å². The van der Waals surface area contributed by atoms with E-state index in [0.717, 1.165) is 11.1 Å². The predicted octanol–water partition coefficient (Wildman–Crippen LogP) is 3.56. The van der Waals surface area contributed by atoms with Gasteiger partial charge < -0.3 is 9.84 Å². The number of aliphatic hydroxyl groups excluding tert-OH is 1. The molecule has 2 N–H and O–H groups in total. The van der Waals surface area contributed by atoms with Crippen LogP contribution in [0.25, 0.3) is 11.1 Å². The first kappa shape index (κ1) is 21.9. The highest BCUT2D eigenvalue weighted by atomic mass is 32.2. The van der Waals surface area contributed by atoms with Crippen LogP contribution in [0, 0.1) is 0 Å². The fraction of sp³-hybridized carbons (Fsp3) is 0.318. The average Bonchev–Trinajstić information content (AvgIpc) is 3.01. The number of sulfonamides is 1. The van der Waals surface area contributed by atoms with Gasteiger partial charge in [0.25, 0.3) is 10.0 Å². The van der Waals surface area contributed by atoms with Crippen molar-refractivity contribution in [2.75, 3.05) is 17.9 Å². The van der Waals surface area contributed by atoms with Crippen LogP contribution in [0.15, 0.2) is 59.5 Å². The van der Waals surface area contributed by atoms with E-state index in [1.165, 1.54) is 4.68 Å². The maximum absolute atomic E-state index is 13.1. The third-order valence-electron chi connectivity index (χ3n) is 4.67. The summed E-state index contributed by atoms with van der Waals surface area (Å²) in [7, 11) is -2.21. The number of hydrogen-bond donors (Lipinski definition) is 2. The molecule has 1 aromatic heterocycles. The lowest BCUT2D eigenvalue weighted by Crippen LogP contribution is -2.17. The Morgan fingerprint density at radius 2 is 1.70 bits per heavy atom. The fourth-order valence-electron chi connectivity index (χ4n) is 3.05. The molecule has 0 radical (unpaired) electrons. The van der Waals surface area contributed by atoms with Crippen molar-refractivity contribution in [3.8, 4) is 17.0 Å². The van der Waals surface area contributed by atoms with Gasteiger partial charge in [0.05, 0.1) is 17.1 Å². The molecule has 0 unspecified atom stereocenters. The molecule has 2 aromatic carbocycles. The topological polar surface area (TPSA) is 93.4 Å². The number of aryl methyl sites for hydroxylation is 1. The monoisotopic (exact) mass is 429 g/mol. The molecule has 0 saturated heterocycles. The highest BCUT2D eigenvalue weighted by Crippen LogP contribution is 2.37. The van der Waals surface area contributed by atoms with Gasteiger partial charge in [-0.25, -0.2) is 13.1 Å². The summed E-state index contributed by atoms with van der Waals surface area (Å²) in [5.74, 6) is 0.535. The summed E-state index contributed by atoms with van der Waals surface area (Å²) in [5.41, 5.74) is 2.24. The minimum atomic E-state index is -3.85. The standard InChI is InChI=1S/C22H27N3O4S/c1-22(2,3)17-10-12-18(13-11-17)30(27,28)24-20-19(16-8-6-5-7-9-16)21(23-25(20)4)29-15-14-26/h5-13,24,26H,14-15H2,1-4H3. The first-order valence-electron chi connectivity index (χ1n) is 9.63. The van der Waals surface area contributed by atoms with Crippen molar-refractivity contribution in [1.82, 2.24) is 9.78 Å². The van der Waals surface area contributed by atoms with Crippen molar-refractivity contribution in [1.29, 1.82) is 0 Å². The lowest BCUT2D eigenvalue weighted by Gasteiger charge is -2.19. The predicted molar refractivity (Wildman–Crippen MR) is 117 cm³/mol. The molecule has 8 heteroatoms. The second-order valence-electron chi connectivity index (χ2n) is 7.97. The van der Waals surface area contributed by atoms with Crippen LogP contribution in [-0.2, 0) is 22.5 Å². The molecule has 1 heterocycles. The summed E-state index contributed by atoms with van der Waals surface area (Å²) in [4.78, 5) is 0.161. The number of rotatable bonds is 7. The SMILES string of the molecule is Cn1nc(OCCO)c(-c2ccccc2)c1NS(=O)(=O)c1ccc(C(C)(C)C)cc1. The molecule has 0 bridgehead atoms. The smallest absolute Gasteiger partial charge is 0.263 e. The van der Waals surface area contributed by atoms with Crippen LogP contribution < -0.4 is 9.46 Å². The maximum Gasteiger partial charge on any atom is 0.263 e. The van der Waals surface area contributed by atoms with E-state index in [-0.39, 0.29) is 35.2 Å². The summed E-state index contributed by atoms with van der Waals surface area (Å²) in [6.07, 6.45) is 0. The van der Waals surface area contributed by atoms with Gasteiger partial charge in [0.1, 0.15) is 12.4 Å². The van der Waals surface area contributed by atoms with Crippen LogP contribution >= 0.6 is 0 Å². The largest absolute Gasteiger partial charge is 0.474 e. The van der Waals surface area contributed by atoms with Gasteiger partial charge >= 0.3 is 0 Å². The van der Waals surface area contributed by atoms with Crippen molar-refractivity contribution in [3.05, 3.63) is 60.2 Å². The van der Waals surface area contributed by atoms with E-state index in [1.807, 2.05) is 42.5 Å². The second kappa shape index (κ2) is 8.49. The number of aliphatic hydroxyl groups is 1. The van der Waals surface area contributed by atoms with Crippen molar-refractivity contribution < 1.29 is 18.3 Å². The molecule has 0 saturated carbocycles. The van der Waals surface area contributed by atoms with Gasteiger partial charge in [0.2, 0.25) is 5.88 Å². The molecule has 3 aromatic rings. The summed E-state index contributed by atoms with van der Waals surface area (Å²) < 4.78 is 35.8. The van der Waals surface area contributed by atoms with Gasteiger partial charge in [0, 0.05) is 7.05 Å². The number of nitrogens with zero attached hydrogens (tertiary/aromatic N) is 2. The van der Waals surface area contributed by atoms with Crippen molar-refractivity contribution in [3.63, 3.8) is 0 Å². The van der Waals surface area contributed by atoms with Gasteiger partial charge in [-0.2, -0.15) is 0 Å². The zero-order valence-electron chi connectivity index (χ0n) is 17.6. The quantitative estimate of drug-likeness (QED) is 0.599. The van der Waals surface area contributed by atoms with E-state index >= 15 is 0 Å². The highest BCUT2D eigenvalue weighted by molar-refractivity contribution is 7.92. The van der Waals surface area contributed by atoms with E-state index in [0.29, 0.717) is 5.56 Å². The average molecular weight is 430 g/mol. The van der Waals surface area contributed by atoms with Crippen molar-refractivity contribution in [2.45, 2.75) is 31.1 Å². The lowest BCUT2D eigenvalue weighted by molar-refractivity contribution is 0.196. The number of nitrogens with one attached hydrogen (secondary N) is 1. The van der Waals surface area contributed by atoms with E-state index < -0.39 is 10.0 Å². The molecule has 0 fully saturated rings. The Balaban J connectivity index is 2.02. The molecule has 30 heavy (non-hydrogen) atoms. The molecule has 7 nitrogen and oxygen atoms in total. The van der Waals surface area contributed by atoms with Gasteiger partial charge in [0.15, 0.2) is 0 Å². The summed E-state index contributed by atoms with van der Waals surface area (Å²) in [6, 6.07) is 16.1. The van der Waals surface area contributed by atoms with Crippen LogP contribution in [0.3, 0.4) is 0 Å². The van der Waals surface area contributed by atoms with Gasteiger partial charge in [-0.1, -0.05) is 63.2 Å². The summed E-state index contributed by atoms with van der Waals surface area (Å²) >= 11 is 0. The van der Waals surface area contributed by atoms with E-state index in [4.69, 9.17) is 9.84 Å². The third-order valence-corrected chi connectivity index (χ3v) is 6.02. The zero-order valence-corrected chi connectivity index (χ0v) is 18.4. The molecule has 0 aliphatic heterocycles. The Kier molecular flexibility index (Phi) is 6.19. The minimum absolute atomic E-state index is 0.0529. The number of benzene rings is 2. The molecule has 3 rings (SSSR count). The molecule has 0 aliphatic carbocycles. The van der Waals surface area contributed by atoms with E-state index in [1.54, 1.807) is 19.2 Å². The third kappa shape index (κ3) is 4.66. The van der Waals surface area contributed by atoms with Crippen molar-refractivity contribution >= 4 is 15.8 Å². The maximum atomic E-state index is 13.1. The Hall–Kier alpha value is -2.84. The van der Waals surface area contributed by atoms with Gasteiger partial charge in [-0.05, 0) is 28.7 Å². The fourth-order valence-corrected chi connectivity index (χ4v) is 4.15. The molecule has 160 valence electrons. The van der Waals surface area contributed by atoms with Crippen LogP contribution in [0.5, 0.6) is 5.88 Å². The van der Waals surface area contributed by atoms with Crippen LogP contribution in [0.4, 0.5) is 5.82 Å². The minimum Gasteiger partial charge on any atom is -0.474 e. The van der Waals surface area contributed by atoms with Crippen LogP contribution in [0.2, 0.25) is 0 Å². The first-order chi connectivity index (χ1) is 14.1. The Bertz CT molecular complexity index is 1100. The number of ether oxygens (including phenoxy) is 1. The van der Waals surface area contributed by atoms with Gasteiger partial charge in [-0.15, -0.1) is 5.10 Å². The molecule has 0 aliphatic rings. The second-order valence-corrected chi connectivity index (χ2v) is 9.65. The molecule has 0 spiro atoms. The summed E-state index contributed by atoms with van der Waals surface area (Å²) in [5, 5.41) is 13.4. The molecule has 0 amide bonds. The van der Waals surface area contributed by atoms with E-state index in [2.05, 4.69) is 30.6 Å². The Morgan fingerprint density at radius 3 is 2.27 bits per heavy atom. The summed E-state index contributed by atoms with van der Waals surface area (Å²) in [6.45, 7) is 6.10. The zero-order chi connectivity index (χ0) is 21.9. The van der Waals surface area contributed by atoms with Crippen LogP contribution in [0.1, 0.15) is 26.3 Å². The number of anilines is 1. The normalized spacial score (nSPS) is 12.0. The molecular formula is C22H27N3O4S. The number of aromatic nitrogens is 2. The number of hydrogen-bond acceptors (Lipinski definition) is 5. The first-order valence-corrected chi connectivity index (χ1v) is 11.1. The van der Waals surface area contributed by atoms with Crippen molar-refractivity contribution in [2.24, 2.45) is 7.05 Å². The Labute approximate surface area is 177 Å². The lowest BCUT2D eigenvalue weighted by atomic mass is 9.87. The Morgan fingerprint density at radius 1 is 1.07 bits per heavy atom.